The highest BCUT2D eigenvalue weighted by molar-refractivity contribution is 5.82. The summed E-state index contributed by atoms with van der Waals surface area (Å²) in [4.78, 5) is 32.1. The van der Waals surface area contributed by atoms with Crippen LogP contribution in [0.15, 0.2) is 17.1 Å². The highest BCUT2D eigenvalue weighted by Gasteiger charge is 2.13. The van der Waals surface area contributed by atoms with Gasteiger partial charge in [-0.1, -0.05) is 0 Å². The van der Waals surface area contributed by atoms with Crippen molar-refractivity contribution in [3.05, 3.63) is 34.4 Å². The maximum atomic E-state index is 12.1. The number of hydrogen-bond donors (Lipinski definition) is 2. The first-order chi connectivity index (χ1) is 13.9. The number of rotatable bonds is 9. The van der Waals surface area contributed by atoms with Crippen LogP contribution >= 0.6 is 0 Å². The molecule has 0 saturated heterocycles. The van der Waals surface area contributed by atoms with Crippen LogP contribution in [0, 0.1) is 13.8 Å². The van der Waals surface area contributed by atoms with E-state index in [-0.39, 0.29) is 11.2 Å². The fourth-order valence-electron chi connectivity index (χ4n) is 2.68. The summed E-state index contributed by atoms with van der Waals surface area (Å²) in [6.07, 6.45) is 0.579. The molecule has 0 radical (unpaired) electrons. The number of carbonyl (C=O) groups is 2. The first kappa shape index (κ1) is 22.6. The first-order valence-electron chi connectivity index (χ1n) is 9.28. The minimum absolute atomic E-state index is 0.0576. The molecule has 2 amide bonds. The number of aromatic nitrogens is 2. The number of nitrogens with zero attached hydrogens (tertiary/aromatic N) is 4. The lowest BCUT2D eigenvalue weighted by atomic mass is 10.1. The molecule has 10 heteroatoms. The summed E-state index contributed by atoms with van der Waals surface area (Å²) >= 11 is 0. The van der Waals surface area contributed by atoms with E-state index in [0.29, 0.717) is 51.3 Å². The largest absolute Gasteiger partial charge is 0.378 e. The van der Waals surface area contributed by atoms with E-state index in [1.165, 1.54) is 7.05 Å². The molecule has 0 aliphatic rings. The normalized spacial score (nSPS) is 11.8. The fraction of sp³-hybridized carbons (Fsp3) is 0.474. The number of aryl methyl sites for hydroxylation is 2. The highest BCUT2D eigenvalue weighted by Crippen LogP contribution is 2.17. The smallest absolute Gasteiger partial charge is 0.359 e. The number of fused-ring (bicyclic) bond motifs is 1. The third-order valence-corrected chi connectivity index (χ3v) is 4.32. The predicted molar refractivity (Wildman–Crippen MR) is 108 cm³/mol. The number of hydrogen-bond acceptors (Lipinski definition) is 7. The Labute approximate surface area is 169 Å². The van der Waals surface area contributed by atoms with Gasteiger partial charge >= 0.3 is 6.03 Å². The Hall–Kier alpha value is -2.66. The van der Waals surface area contributed by atoms with Gasteiger partial charge in [-0.3, -0.25) is 9.80 Å². The molecule has 0 aliphatic carbocycles. The molecule has 1 aromatic carbocycles. The van der Waals surface area contributed by atoms with Gasteiger partial charge in [0.15, 0.2) is 11.8 Å². The molecule has 2 rings (SSSR count). The van der Waals surface area contributed by atoms with Gasteiger partial charge < -0.3 is 19.8 Å². The maximum absolute atomic E-state index is 12.1. The quantitative estimate of drug-likeness (QED) is 0.201. The SMILES string of the molecule is Cc1cc2nc(C=O)c(=NC(=O)N(C)N)n(CCOCCOCCN)c2cc1C. The first-order valence-corrected chi connectivity index (χ1v) is 9.28. The molecule has 0 bridgehead atoms. The van der Waals surface area contributed by atoms with Gasteiger partial charge in [-0.05, 0) is 37.1 Å². The Morgan fingerprint density at radius 2 is 1.86 bits per heavy atom. The van der Waals surface area contributed by atoms with E-state index in [0.717, 1.165) is 21.7 Å². The number of amides is 2. The van der Waals surface area contributed by atoms with Crippen molar-refractivity contribution in [2.24, 2.45) is 16.6 Å². The van der Waals surface area contributed by atoms with Crippen molar-refractivity contribution in [1.82, 2.24) is 14.6 Å². The van der Waals surface area contributed by atoms with E-state index in [9.17, 15) is 9.59 Å². The van der Waals surface area contributed by atoms with E-state index < -0.39 is 6.03 Å². The molecule has 0 fully saturated rings. The zero-order valence-electron chi connectivity index (χ0n) is 17.1. The third kappa shape index (κ3) is 5.91. The molecule has 0 saturated carbocycles. The summed E-state index contributed by atoms with van der Waals surface area (Å²) in [5.74, 6) is 5.49. The molecule has 0 unspecified atom stereocenters. The van der Waals surface area contributed by atoms with Crippen LogP contribution in [0.5, 0.6) is 0 Å². The summed E-state index contributed by atoms with van der Waals surface area (Å²) in [7, 11) is 1.38. The van der Waals surface area contributed by atoms with Crippen molar-refractivity contribution in [2.45, 2.75) is 20.4 Å². The summed E-state index contributed by atoms with van der Waals surface area (Å²) in [6.45, 7) is 6.41. The summed E-state index contributed by atoms with van der Waals surface area (Å²) in [6, 6.07) is 3.16. The van der Waals surface area contributed by atoms with Crippen LogP contribution in [0.2, 0.25) is 0 Å². The van der Waals surface area contributed by atoms with E-state index in [2.05, 4.69) is 9.98 Å². The van der Waals surface area contributed by atoms with Gasteiger partial charge in [-0.2, -0.15) is 4.99 Å². The second-order valence-corrected chi connectivity index (χ2v) is 6.53. The van der Waals surface area contributed by atoms with Crippen LogP contribution in [0.3, 0.4) is 0 Å². The van der Waals surface area contributed by atoms with Crippen molar-refractivity contribution >= 4 is 23.4 Å². The van der Waals surface area contributed by atoms with E-state index in [1.54, 1.807) is 4.57 Å². The topological polar surface area (TPSA) is 138 Å². The Kier molecular flexibility index (Phi) is 8.40. The Morgan fingerprint density at radius 1 is 1.21 bits per heavy atom. The zero-order chi connectivity index (χ0) is 21.4. The third-order valence-electron chi connectivity index (χ3n) is 4.32. The van der Waals surface area contributed by atoms with E-state index in [1.807, 2.05) is 26.0 Å². The van der Waals surface area contributed by atoms with Crippen molar-refractivity contribution in [1.29, 1.82) is 0 Å². The lowest BCUT2D eigenvalue weighted by molar-refractivity contribution is 0.0477. The molecular formula is C19H28N6O4. The minimum Gasteiger partial charge on any atom is -0.378 e. The van der Waals surface area contributed by atoms with Crippen molar-refractivity contribution < 1.29 is 19.1 Å². The molecular weight excluding hydrogens is 376 g/mol. The van der Waals surface area contributed by atoms with E-state index >= 15 is 0 Å². The van der Waals surface area contributed by atoms with E-state index in [4.69, 9.17) is 21.1 Å². The lowest BCUT2D eigenvalue weighted by Crippen LogP contribution is -2.36. The van der Waals surface area contributed by atoms with Gasteiger partial charge in [-0.25, -0.2) is 15.6 Å². The summed E-state index contributed by atoms with van der Waals surface area (Å²) < 4.78 is 12.6. The van der Waals surface area contributed by atoms with Crippen molar-refractivity contribution in [3.63, 3.8) is 0 Å². The van der Waals surface area contributed by atoms with Crippen LogP contribution in [0.25, 0.3) is 11.0 Å². The van der Waals surface area contributed by atoms with Gasteiger partial charge in [0.1, 0.15) is 5.69 Å². The molecule has 0 atom stereocenters. The average molecular weight is 404 g/mol. The number of nitrogens with two attached hydrogens (primary N) is 2. The Morgan fingerprint density at radius 3 is 2.48 bits per heavy atom. The van der Waals surface area contributed by atoms with Gasteiger partial charge in [0.05, 0.1) is 37.5 Å². The number of carbonyl (C=O) groups excluding carboxylic acids is 2. The van der Waals surface area contributed by atoms with Gasteiger partial charge in [0.2, 0.25) is 0 Å². The number of ether oxygens (including phenoxy) is 2. The standard InChI is InChI=1S/C19H28N6O4/c1-13-10-15-17(11-14(13)2)25(5-7-29-9-8-28-6-4-20)18(16(12-26)22-15)23-19(27)24(3)21/h10-12H,4-9,20-21H2,1-3H3. The fourth-order valence-corrected chi connectivity index (χ4v) is 2.68. The van der Waals surface area contributed by atoms with Gasteiger partial charge in [0.25, 0.3) is 0 Å². The van der Waals surface area contributed by atoms with Gasteiger partial charge in [0, 0.05) is 20.1 Å². The lowest BCUT2D eigenvalue weighted by Gasteiger charge is -2.15. The predicted octanol–water partition coefficient (Wildman–Crippen LogP) is 0.284. The summed E-state index contributed by atoms with van der Waals surface area (Å²) in [5.41, 5.74) is 9.04. The average Bonchev–Trinajstić information content (AvgIpc) is 2.69. The molecule has 29 heavy (non-hydrogen) atoms. The van der Waals surface area contributed by atoms with Crippen LogP contribution in [-0.2, 0) is 16.0 Å². The molecule has 0 spiro atoms. The number of urea groups is 1. The molecule has 1 aromatic heterocycles. The van der Waals surface area contributed by atoms with Crippen LogP contribution in [-0.4, -0.2) is 66.9 Å². The van der Waals surface area contributed by atoms with Crippen LogP contribution in [0.1, 0.15) is 21.6 Å². The molecule has 2 aromatic rings. The number of benzene rings is 1. The Bertz CT molecular complexity index is 938. The molecule has 10 nitrogen and oxygen atoms in total. The monoisotopic (exact) mass is 404 g/mol. The maximum Gasteiger partial charge on any atom is 0.359 e. The molecule has 4 N–H and O–H groups in total. The second-order valence-electron chi connectivity index (χ2n) is 6.53. The highest BCUT2D eigenvalue weighted by atomic mass is 16.5. The minimum atomic E-state index is -0.692. The van der Waals surface area contributed by atoms with Crippen molar-refractivity contribution in [2.75, 3.05) is 40.0 Å². The second kappa shape index (κ2) is 10.8. The van der Waals surface area contributed by atoms with Crippen molar-refractivity contribution in [3.8, 4) is 0 Å². The Balaban J connectivity index is 2.45. The zero-order valence-corrected chi connectivity index (χ0v) is 17.1. The molecule has 0 aliphatic heterocycles. The summed E-state index contributed by atoms with van der Waals surface area (Å²) in [5, 5.41) is 0.842. The molecule has 1 heterocycles. The number of hydrazine groups is 1. The van der Waals surface area contributed by atoms with Crippen LogP contribution < -0.4 is 17.1 Å². The number of aldehydes is 1. The van der Waals surface area contributed by atoms with Crippen LogP contribution in [0.4, 0.5) is 4.79 Å². The molecule has 158 valence electrons. The van der Waals surface area contributed by atoms with Gasteiger partial charge in [-0.15, -0.1) is 0 Å².